The second-order valence-electron chi connectivity index (χ2n) is 6.38. The molecule has 1 aliphatic rings. The number of rotatable bonds is 6. The summed E-state index contributed by atoms with van der Waals surface area (Å²) >= 11 is 0. The molecule has 0 fully saturated rings. The number of aldehydes is 1. The fourth-order valence-electron chi connectivity index (χ4n) is 3.17. The third kappa shape index (κ3) is 3.57. The van der Waals surface area contributed by atoms with E-state index in [-0.39, 0.29) is 5.91 Å². The van der Waals surface area contributed by atoms with Crippen molar-refractivity contribution in [2.24, 2.45) is 0 Å². The lowest BCUT2D eigenvalue weighted by Crippen LogP contribution is -2.46. The predicted octanol–water partition coefficient (Wildman–Crippen LogP) is 3.52. The van der Waals surface area contributed by atoms with E-state index in [4.69, 9.17) is 4.74 Å². The van der Waals surface area contributed by atoms with E-state index in [1.54, 1.807) is 35.4 Å². The van der Waals surface area contributed by atoms with Crippen LogP contribution in [0.25, 0.3) is 0 Å². The lowest BCUT2D eigenvalue weighted by molar-refractivity contribution is 0.0721. The normalized spacial score (nSPS) is 13.2. The zero-order chi connectivity index (χ0) is 19.3. The highest BCUT2D eigenvalue weighted by atomic mass is 16.5. The zero-order valence-electron chi connectivity index (χ0n) is 15.2. The topological polar surface area (TPSA) is 62.7 Å². The number of para-hydroxylation sites is 1. The maximum atomic E-state index is 12.9. The van der Waals surface area contributed by atoms with Gasteiger partial charge in [0.2, 0.25) is 0 Å². The monoisotopic (exact) mass is 373 g/mol. The van der Waals surface area contributed by atoms with E-state index in [9.17, 15) is 9.59 Å². The summed E-state index contributed by atoms with van der Waals surface area (Å²) in [5.41, 5.74) is 2.10. The van der Waals surface area contributed by atoms with Crippen molar-refractivity contribution in [1.29, 1.82) is 0 Å². The van der Waals surface area contributed by atoms with Crippen LogP contribution in [-0.2, 0) is 0 Å². The quantitative estimate of drug-likeness (QED) is 0.619. The van der Waals surface area contributed by atoms with Gasteiger partial charge >= 0.3 is 0 Å². The number of carbonyl (C=O) groups is 2. The number of hydrogen-bond acceptors (Lipinski definition) is 5. The number of fused-ring (bicyclic) bond motifs is 1. The van der Waals surface area contributed by atoms with Crippen LogP contribution in [0.3, 0.4) is 0 Å². The standard InChI is InChI=1S/C22H19N3O3/c26-15-17-8-10-18(11-9-17)28-14-13-24-16-25(21-7-3-4-12-23-21)20-6-2-1-5-19(20)22(24)27/h1-12,15H,13-14,16H2. The highest BCUT2D eigenvalue weighted by Crippen LogP contribution is 2.32. The predicted molar refractivity (Wildman–Crippen MR) is 106 cm³/mol. The number of nitrogens with zero attached hydrogens (tertiary/aromatic N) is 3. The van der Waals surface area contributed by atoms with Crippen molar-refractivity contribution in [2.75, 3.05) is 24.7 Å². The Kier molecular flexibility index (Phi) is 5.01. The molecule has 0 N–H and O–H groups in total. The van der Waals surface area contributed by atoms with Crippen molar-refractivity contribution >= 4 is 23.7 Å². The van der Waals surface area contributed by atoms with Gasteiger partial charge in [-0.05, 0) is 48.5 Å². The van der Waals surface area contributed by atoms with Crippen LogP contribution < -0.4 is 9.64 Å². The third-order valence-corrected chi connectivity index (χ3v) is 4.60. The summed E-state index contributed by atoms with van der Waals surface area (Å²) in [4.78, 5) is 31.8. The van der Waals surface area contributed by atoms with Gasteiger partial charge in [0.15, 0.2) is 0 Å². The molecule has 0 bridgehead atoms. The maximum Gasteiger partial charge on any atom is 0.257 e. The van der Waals surface area contributed by atoms with Crippen LogP contribution in [0, 0.1) is 0 Å². The molecule has 0 saturated carbocycles. The lowest BCUT2D eigenvalue weighted by Gasteiger charge is -2.37. The minimum atomic E-state index is -0.0253. The molecule has 0 atom stereocenters. The minimum Gasteiger partial charge on any atom is -0.492 e. The molecule has 1 aliphatic heterocycles. The number of pyridine rings is 1. The second kappa shape index (κ2) is 7.92. The van der Waals surface area contributed by atoms with Crippen LogP contribution in [0.15, 0.2) is 72.9 Å². The largest absolute Gasteiger partial charge is 0.492 e. The molecule has 28 heavy (non-hydrogen) atoms. The van der Waals surface area contributed by atoms with Gasteiger partial charge in [0, 0.05) is 11.8 Å². The number of amides is 1. The van der Waals surface area contributed by atoms with Gasteiger partial charge in [-0.3, -0.25) is 9.59 Å². The Hall–Kier alpha value is -3.67. The van der Waals surface area contributed by atoms with Gasteiger partial charge in [0.25, 0.3) is 5.91 Å². The molecule has 0 saturated heterocycles. The number of aromatic nitrogens is 1. The van der Waals surface area contributed by atoms with Crippen LogP contribution >= 0.6 is 0 Å². The highest BCUT2D eigenvalue weighted by Gasteiger charge is 2.30. The lowest BCUT2D eigenvalue weighted by atomic mass is 10.1. The van der Waals surface area contributed by atoms with Crippen LogP contribution in [0.2, 0.25) is 0 Å². The Bertz CT molecular complexity index is 974. The Balaban J connectivity index is 1.49. The summed E-state index contributed by atoms with van der Waals surface area (Å²) in [7, 11) is 0. The van der Waals surface area contributed by atoms with Crippen molar-refractivity contribution < 1.29 is 14.3 Å². The van der Waals surface area contributed by atoms with Gasteiger partial charge < -0.3 is 14.5 Å². The fourth-order valence-corrected chi connectivity index (χ4v) is 3.17. The average molecular weight is 373 g/mol. The number of anilines is 2. The van der Waals surface area contributed by atoms with Crippen LogP contribution in [0.1, 0.15) is 20.7 Å². The number of hydrogen-bond donors (Lipinski definition) is 0. The molecule has 3 aromatic rings. The molecular weight excluding hydrogens is 354 g/mol. The van der Waals surface area contributed by atoms with Gasteiger partial charge in [0.1, 0.15) is 24.5 Å². The number of ether oxygens (including phenoxy) is 1. The Morgan fingerprint density at radius 3 is 2.54 bits per heavy atom. The molecule has 1 aromatic heterocycles. The van der Waals surface area contributed by atoms with Gasteiger partial charge in [-0.25, -0.2) is 4.98 Å². The van der Waals surface area contributed by atoms with E-state index in [1.807, 2.05) is 47.4 Å². The molecule has 4 rings (SSSR count). The van der Waals surface area contributed by atoms with Crippen molar-refractivity contribution in [3.63, 3.8) is 0 Å². The first-order valence-electron chi connectivity index (χ1n) is 9.01. The molecule has 6 heteroatoms. The van der Waals surface area contributed by atoms with Gasteiger partial charge in [-0.2, -0.15) is 0 Å². The van der Waals surface area contributed by atoms with E-state index in [0.29, 0.717) is 36.7 Å². The van der Waals surface area contributed by atoms with Crippen molar-refractivity contribution in [3.8, 4) is 5.75 Å². The van der Waals surface area contributed by atoms with Crippen molar-refractivity contribution in [1.82, 2.24) is 9.88 Å². The molecule has 0 radical (unpaired) electrons. The summed E-state index contributed by atoms with van der Waals surface area (Å²) in [6.07, 6.45) is 2.53. The van der Waals surface area contributed by atoms with Crippen molar-refractivity contribution in [3.05, 3.63) is 84.1 Å². The van der Waals surface area contributed by atoms with Crippen molar-refractivity contribution in [2.45, 2.75) is 0 Å². The fraction of sp³-hybridized carbons (Fsp3) is 0.136. The first-order chi connectivity index (χ1) is 13.8. The molecule has 0 spiro atoms. The summed E-state index contributed by atoms with van der Waals surface area (Å²) in [5.74, 6) is 1.43. The highest BCUT2D eigenvalue weighted by molar-refractivity contribution is 6.02. The van der Waals surface area contributed by atoms with Gasteiger partial charge in [0.05, 0.1) is 24.5 Å². The van der Waals surface area contributed by atoms with E-state index in [0.717, 1.165) is 17.8 Å². The third-order valence-electron chi connectivity index (χ3n) is 4.60. The molecule has 140 valence electrons. The minimum absolute atomic E-state index is 0.0253. The van der Waals surface area contributed by atoms with E-state index in [1.165, 1.54) is 0 Å². The Labute approximate surface area is 163 Å². The van der Waals surface area contributed by atoms with Gasteiger partial charge in [-0.15, -0.1) is 0 Å². The van der Waals surface area contributed by atoms with Crippen LogP contribution in [0.4, 0.5) is 11.5 Å². The first kappa shape index (κ1) is 17.7. The molecule has 2 heterocycles. The molecule has 1 amide bonds. The Morgan fingerprint density at radius 2 is 1.79 bits per heavy atom. The first-order valence-corrected chi connectivity index (χ1v) is 9.01. The smallest absolute Gasteiger partial charge is 0.257 e. The summed E-state index contributed by atoms with van der Waals surface area (Å²) in [6.45, 7) is 1.19. The molecular formula is C22H19N3O3. The van der Waals surface area contributed by atoms with E-state index >= 15 is 0 Å². The zero-order valence-corrected chi connectivity index (χ0v) is 15.2. The molecule has 2 aromatic carbocycles. The maximum absolute atomic E-state index is 12.9. The molecule has 0 unspecified atom stereocenters. The molecule has 0 aliphatic carbocycles. The summed E-state index contributed by atoms with van der Waals surface area (Å²) < 4.78 is 5.74. The summed E-state index contributed by atoms with van der Waals surface area (Å²) in [5, 5.41) is 0. The average Bonchev–Trinajstić information content (AvgIpc) is 2.76. The Morgan fingerprint density at radius 1 is 1.00 bits per heavy atom. The van der Waals surface area contributed by atoms with Crippen LogP contribution in [-0.4, -0.2) is 41.9 Å². The van der Waals surface area contributed by atoms with Crippen LogP contribution in [0.5, 0.6) is 5.75 Å². The molecule has 6 nitrogen and oxygen atoms in total. The van der Waals surface area contributed by atoms with E-state index in [2.05, 4.69) is 4.98 Å². The number of benzene rings is 2. The number of carbonyl (C=O) groups excluding carboxylic acids is 2. The summed E-state index contributed by atoms with van der Waals surface area (Å²) in [6, 6.07) is 20.2. The second-order valence-corrected chi connectivity index (χ2v) is 6.38. The van der Waals surface area contributed by atoms with E-state index < -0.39 is 0 Å². The SMILES string of the molecule is O=Cc1ccc(OCCN2CN(c3ccccn3)c3ccccc3C2=O)cc1. The van der Waals surface area contributed by atoms with Gasteiger partial charge in [-0.1, -0.05) is 18.2 Å².